The topological polar surface area (TPSA) is 77.1 Å². The van der Waals surface area contributed by atoms with Crippen LogP contribution in [-0.2, 0) is 4.79 Å². The molecule has 1 aliphatic rings. The molecule has 0 aromatic heterocycles. The molecule has 0 aliphatic carbocycles. The molecule has 1 heterocycles. The quantitative estimate of drug-likeness (QED) is 0.826. The minimum Gasteiger partial charge on any atom is -0.493 e. The molecule has 7 nitrogen and oxygen atoms in total. The molecule has 0 radical (unpaired) electrons. The average Bonchev–Trinajstić information content (AvgIpc) is 3.14. The van der Waals surface area contributed by atoms with Gasteiger partial charge in [0, 0.05) is 24.3 Å². The normalized spacial score (nSPS) is 13.4. The highest BCUT2D eigenvalue weighted by molar-refractivity contribution is 6.08. The molecule has 1 N–H and O–H groups in total. The fraction of sp³-hybridized carbons (Fsp3) is 0.333. The summed E-state index contributed by atoms with van der Waals surface area (Å²) >= 11 is 0. The van der Waals surface area contributed by atoms with Crippen molar-refractivity contribution in [1.82, 2.24) is 0 Å². The van der Waals surface area contributed by atoms with E-state index >= 15 is 0 Å². The predicted molar refractivity (Wildman–Crippen MR) is 107 cm³/mol. The third kappa shape index (κ3) is 3.60. The maximum atomic E-state index is 12.9. The monoisotopic (exact) mass is 384 g/mol. The van der Waals surface area contributed by atoms with E-state index in [1.54, 1.807) is 17.0 Å². The number of carbonyl (C=O) groups is 2. The fourth-order valence-electron chi connectivity index (χ4n) is 3.30. The molecule has 148 valence electrons. The van der Waals surface area contributed by atoms with Gasteiger partial charge in [0.2, 0.25) is 11.7 Å². The average molecular weight is 384 g/mol. The van der Waals surface area contributed by atoms with Crippen molar-refractivity contribution in [2.75, 3.05) is 38.1 Å². The number of benzene rings is 2. The highest BCUT2D eigenvalue weighted by atomic mass is 16.5. The van der Waals surface area contributed by atoms with Crippen LogP contribution in [0.15, 0.2) is 30.3 Å². The van der Waals surface area contributed by atoms with E-state index in [0.29, 0.717) is 41.5 Å². The summed E-state index contributed by atoms with van der Waals surface area (Å²) in [7, 11) is 4.48. The molecule has 2 aromatic carbocycles. The SMILES string of the molecule is COc1ccc(C(=O)Nc2cc(N3CCCC3=O)ccc2C)c(OC)c1OC. The van der Waals surface area contributed by atoms with E-state index in [2.05, 4.69) is 5.32 Å². The minimum atomic E-state index is -0.342. The largest absolute Gasteiger partial charge is 0.493 e. The molecule has 2 aromatic rings. The zero-order chi connectivity index (χ0) is 20.3. The second-order valence-corrected chi connectivity index (χ2v) is 6.48. The van der Waals surface area contributed by atoms with Crippen LogP contribution in [0.5, 0.6) is 17.2 Å². The predicted octanol–water partition coefficient (Wildman–Crippen LogP) is 3.40. The van der Waals surface area contributed by atoms with Crippen LogP contribution in [0, 0.1) is 6.92 Å². The van der Waals surface area contributed by atoms with E-state index in [1.807, 2.05) is 25.1 Å². The lowest BCUT2D eigenvalue weighted by Crippen LogP contribution is -2.24. The summed E-state index contributed by atoms with van der Waals surface area (Å²) in [5.74, 6) is 0.878. The molecule has 0 saturated carbocycles. The summed E-state index contributed by atoms with van der Waals surface area (Å²) in [6, 6.07) is 8.89. The number of hydrogen-bond donors (Lipinski definition) is 1. The van der Waals surface area contributed by atoms with Crippen LogP contribution in [0.1, 0.15) is 28.8 Å². The van der Waals surface area contributed by atoms with Gasteiger partial charge >= 0.3 is 0 Å². The number of methoxy groups -OCH3 is 3. The van der Waals surface area contributed by atoms with Crippen molar-refractivity contribution in [2.45, 2.75) is 19.8 Å². The lowest BCUT2D eigenvalue weighted by molar-refractivity contribution is -0.117. The standard InChI is InChI=1S/C21H24N2O5/c1-13-7-8-14(23-11-5-6-18(23)24)12-16(13)22-21(25)15-9-10-17(26-2)20(28-4)19(15)27-3/h7-10,12H,5-6,11H2,1-4H3,(H,22,25). The molecule has 0 bridgehead atoms. The molecular formula is C21H24N2O5. The Hall–Kier alpha value is -3.22. The lowest BCUT2D eigenvalue weighted by Gasteiger charge is -2.19. The first-order valence-corrected chi connectivity index (χ1v) is 9.01. The van der Waals surface area contributed by atoms with Crippen molar-refractivity contribution in [3.8, 4) is 17.2 Å². The first-order valence-electron chi connectivity index (χ1n) is 9.01. The molecule has 3 rings (SSSR count). The summed E-state index contributed by atoms with van der Waals surface area (Å²) in [6.07, 6.45) is 1.40. The highest BCUT2D eigenvalue weighted by Crippen LogP contribution is 2.40. The van der Waals surface area contributed by atoms with Gasteiger partial charge in [0.1, 0.15) is 0 Å². The van der Waals surface area contributed by atoms with Gasteiger partial charge in [-0.1, -0.05) is 6.07 Å². The van der Waals surface area contributed by atoms with Crippen molar-refractivity contribution in [3.05, 3.63) is 41.5 Å². The van der Waals surface area contributed by atoms with Crippen molar-refractivity contribution in [2.24, 2.45) is 0 Å². The van der Waals surface area contributed by atoms with E-state index < -0.39 is 0 Å². The van der Waals surface area contributed by atoms with E-state index in [0.717, 1.165) is 17.7 Å². The molecule has 7 heteroatoms. The zero-order valence-electron chi connectivity index (χ0n) is 16.5. The molecule has 1 saturated heterocycles. The van der Waals surface area contributed by atoms with Crippen LogP contribution in [0.3, 0.4) is 0 Å². The maximum absolute atomic E-state index is 12.9. The molecule has 2 amide bonds. The molecule has 28 heavy (non-hydrogen) atoms. The van der Waals surface area contributed by atoms with Gasteiger partial charge in [0.15, 0.2) is 11.5 Å². The van der Waals surface area contributed by atoms with Gasteiger partial charge in [-0.3, -0.25) is 9.59 Å². The van der Waals surface area contributed by atoms with Gasteiger partial charge in [0.25, 0.3) is 5.91 Å². The number of amides is 2. The second kappa shape index (κ2) is 8.21. The van der Waals surface area contributed by atoms with Gasteiger partial charge in [0.05, 0.1) is 26.9 Å². The fourth-order valence-corrected chi connectivity index (χ4v) is 3.30. The summed E-state index contributed by atoms with van der Waals surface area (Å²) < 4.78 is 16.0. The van der Waals surface area contributed by atoms with Gasteiger partial charge in [-0.05, 0) is 43.2 Å². The zero-order valence-corrected chi connectivity index (χ0v) is 16.5. The van der Waals surface area contributed by atoms with Crippen LogP contribution in [0.2, 0.25) is 0 Å². The third-order valence-electron chi connectivity index (χ3n) is 4.80. The second-order valence-electron chi connectivity index (χ2n) is 6.48. The number of anilines is 2. The Morgan fingerprint density at radius 3 is 2.39 bits per heavy atom. The van der Waals surface area contributed by atoms with Crippen molar-refractivity contribution >= 4 is 23.2 Å². The van der Waals surface area contributed by atoms with Crippen LogP contribution >= 0.6 is 0 Å². The smallest absolute Gasteiger partial charge is 0.259 e. The third-order valence-corrected chi connectivity index (χ3v) is 4.80. The van der Waals surface area contributed by atoms with Crippen LogP contribution in [-0.4, -0.2) is 39.7 Å². The van der Waals surface area contributed by atoms with Crippen molar-refractivity contribution in [1.29, 1.82) is 0 Å². The molecule has 0 atom stereocenters. The molecule has 0 unspecified atom stereocenters. The van der Waals surface area contributed by atoms with E-state index in [1.165, 1.54) is 21.3 Å². The van der Waals surface area contributed by atoms with Crippen LogP contribution < -0.4 is 24.4 Å². The van der Waals surface area contributed by atoms with Crippen LogP contribution in [0.4, 0.5) is 11.4 Å². The van der Waals surface area contributed by atoms with Crippen LogP contribution in [0.25, 0.3) is 0 Å². The summed E-state index contributed by atoms with van der Waals surface area (Å²) in [6.45, 7) is 2.59. The van der Waals surface area contributed by atoms with Gasteiger partial charge in [-0.2, -0.15) is 0 Å². The summed E-state index contributed by atoms with van der Waals surface area (Å²) in [5, 5.41) is 2.92. The maximum Gasteiger partial charge on any atom is 0.259 e. The van der Waals surface area contributed by atoms with Crippen molar-refractivity contribution in [3.63, 3.8) is 0 Å². The van der Waals surface area contributed by atoms with Gasteiger partial charge in [-0.15, -0.1) is 0 Å². The Bertz CT molecular complexity index is 910. The molecular weight excluding hydrogens is 360 g/mol. The van der Waals surface area contributed by atoms with E-state index in [4.69, 9.17) is 14.2 Å². The first-order chi connectivity index (χ1) is 13.5. The Kier molecular flexibility index (Phi) is 5.73. The Morgan fingerprint density at radius 2 is 1.79 bits per heavy atom. The first kappa shape index (κ1) is 19.5. The Labute approximate surface area is 164 Å². The highest BCUT2D eigenvalue weighted by Gasteiger charge is 2.24. The number of nitrogens with zero attached hydrogens (tertiary/aromatic N) is 1. The number of rotatable bonds is 6. The van der Waals surface area contributed by atoms with E-state index in [9.17, 15) is 9.59 Å². The number of carbonyl (C=O) groups excluding carboxylic acids is 2. The number of ether oxygens (including phenoxy) is 3. The summed E-state index contributed by atoms with van der Waals surface area (Å²) in [5.41, 5.74) is 2.63. The Morgan fingerprint density at radius 1 is 1.04 bits per heavy atom. The van der Waals surface area contributed by atoms with Gasteiger partial charge in [-0.25, -0.2) is 0 Å². The number of nitrogens with one attached hydrogen (secondary N) is 1. The molecule has 1 aliphatic heterocycles. The Balaban J connectivity index is 1.92. The number of aryl methyl sites for hydroxylation is 1. The van der Waals surface area contributed by atoms with Gasteiger partial charge < -0.3 is 24.4 Å². The molecule has 1 fully saturated rings. The van der Waals surface area contributed by atoms with E-state index in [-0.39, 0.29) is 11.8 Å². The minimum absolute atomic E-state index is 0.0997. The molecule has 0 spiro atoms. The summed E-state index contributed by atoms with van der Waals surface area (Å²) in [4.78, 5) is 26.7. The van der Waals surface area contributed by atoms with Crippen molar-refractivity contribution < 1.29 is 23.8 Å². The number of hydrogen-bond acceptors (Lipinski definition) is 5. The lowest BCUT2D eigenvalue weighted by atomic mass is 10.1.